The van der Waals surface area contributed by atoms with E-state index >= 15 is 0 Å². The smallest absolute Gasteiger partial charge is 0.333 e. The summed E-state index contributed by atoms with van der Waals surface area (Å²) in [6.07, 6.45) is 7.13. The average molecular weight is 431 g/mol. The minimum absolute atomic E-state index is 0.0270. The van der Waals surface area contributed by atoms with E-state index in [2.05, 4.69) is 0 Å². The molecule has 3 aromatic rings. The summed E-state index contributed by atoms with van der Waals surface area (Å²) in [5.41, 5.74) is -0.767. The molecule has 8 heteroatoms. The van der Waals surface area contributed by atoms with Gasteiger partial charge in [-0.15, -0.1) is 0 Å². The van der Waals surface area contributed by atoms with Crippen molar-refractivity contribution in [1.29, 1.82) is 5.26 Å². The molecule has 3 rings (SSSR count). The van der Waals surface area contributed by atoms with E-state index in [0.717, 1.165) is 14.5 Å². The minimum atomic E-state index is -0.599. The van der Waals surface area contributed by atoms with Crippen molar-refractivity contribution in [2.45, 2.75) is 26.9 Å². The number of para-hydroxylation sites is 1. The van der Waals surface area contributed by atoms with Gasteiger partial charge in [-0.1, -0.05) is 36.4 Å². The SMILES string of the molecule is CCn1c(O)c(C=CC=CC=C(C#N)C(=O)c2cc3ccccc3o2)c(=O)n(CC)c1=O. The summed E-state index contributed by atoms with van der Waals surface area (Å²) < 4.78 is 7.64. The fourth-order valence-corrected chi connectivity index (χ4v) is 3.18. The van der Waals surface area contributed by atoms with Gasteiger partial charge in [0.05, 0.1) is 0 Å². The summed E-state index contributed by atoms with van der Waals surface area (Å²) in [6, 6.07) is 10.6. The molecule has 0 bridgehead atoms. The lowest BCUT2D eigenvalue weighted by Gasteiger charge is -2.11. The number of aromatic nitrogens is 2. The highest BCUT2D eigenvalue weighted by atomic mass is 16.3. The highest BCUT2D eigenvalue weighted by Crippen LogP contribution is 2.21. The Hall–Kier alpha value is -4.38. The average Bonchev–Trinajstić information content (AvgIpc) is 3.23. The summed E-state index contributed by atoms with van der Waals surface area (Å²) in [6.45, 7) is 3.74. The third-order valence-electron chi connectivity index (χ3n) is 4.83. The van der Waals surface area contributed by atoms with E-state index in [4.69, 9.17) is 4.42 Å². The third-order valence-corrected chi connectivity index (χ3v) is 4.83. The second-order valence-corrected chi connectivity index (χ2v) is 6.73. The zero-order valence-corrected chi connectivity index (χ0v) is 17.6. The lowest BCUT2D eigenvalue weighted by molar-refractivity contribution is 0.101. The number of carbonyl (C=O) groups excluding carboxylic acids is 1. The first kappa shape index (κ1) is 22.3. The van der Waals surface area contributed by atoms with Gasteiger partial charge >= 0.3 is 5.69 Å². The Kier molecular flexibility index (Phi) is 6.71. The van der Waals surface area contributed by atoms with Crippen LogP contribution in [0.5, 0.6) is 5.88 Å². The van der Waals surface area contributed by atoms with Crippen LogP contribution in [0.4, 0.5) is 0 Å². The minimum Gasteiger partial charge on any atom is -0.494 e. The number of carbonyl (C=O) groups is 1. The number of hydrogen-bond donors (Lipinski definition) is 1. The van der Waals surface area contributed by atoms with Crippen LogP contribution in [0.25, 0.3) is 17.0 Å². The van der Waals surface area contributed by atoms with E-state index in [-0.39, 0.29) is 30.0 Å². The molecule has 162 valence electrons. The quantitative estimate of drug-likeness (QED) is 0.265. The van der Waals surface area contributed by atoms with E-state index in [1.165, 1.54) is 30.4 Å². The number of ketones is 1. The fraction of sp³-hybridized carbons (Fsp3) is 0.167. The zero-order chi connectivity index (χ0) is 23.3. The molecule has 0 aliphatic rings. The Labute approximate surface area is 183 Å². The first-order valence-corrected chi connectivity index (χ1v) is 9.97. The van der Waals surface area contributed by atoms with Gasteiger partial charge in [-0.2, -0.15) is 5.26 Å². The summed E-state index contributed by atoms with van der Waals surface area (Å²) in [7, 11) is 0. The van der Waals surface area contributed by atoms with Gasteiger partial charge in [0.2, 0.25) is 11.7 Å². The number of hydrogen-bond acceptors (Lipinski definition) is 6. The van der Waals surface area contributed by atoms with Crippen molar-refractivity contribution in [1.82, 2.24) is 9.13 Å². The number of furan rings is 1. The van der Waals surface area contributed by atoms with Crippen LogP contribution in [0.15, 0.2) is 74.2 Å². The van der Waals surface area contributed by atoms with Gasteiger partial charge in [-0.05, 0) is 38.1 Å². The van der Waals surface area contributed by atoms with Crippen molar-refractivity contribution in [2.24, 2.45) is 0 Å². The van der Waals surface area contributed by atoms with Crippen LogP contribution in [0.3, 0.4) is 0 Å². The van der Waals surface area contributed by atoms with Gasteiger partial charge in [0.1, 0.15) is 22.8 Å². The summed E-state index contributed by atoms with van der Waals surface area (Å²) in [4.78, 5) is 37.2. The highest BCUT2D eigenvalue weighted by molar-refractivity contribution is 6.11. The number of fused-ring (bicyclic) bond motifs is 1. The standard InChI is InChI=1S/C24H21N3O5/c1-3-26-22(29)18(23(30)27(4-2)24(26)31)12-7-5-6-11-17(15-25)21(28)20-14-16-10-8-9-13-19(16)32-20/h5-14,29H,3-4H2,1-2H3. The molecule has 0 spiro atoms. The Morgan fingerprint density at radius 2 is 1.84 bits per heavy atom. The maximum atomic E-state index is 12.5. The molecule has 0 saturated carbocycles. The van der Waals surface area contributed by atoms with E-state index in [0.29, 0.717) is 5.58 Å². The molecule has 2 heterocycles. The van der Waals surface area contributed by atoms with Crippen molar-refractivity contribution in [3.05, 3.63) is 92.4 Å². The molecule has 0 amide bonds. The number of aromatic hydroxyl groups is 1. The number of allylic oxidation sites excluding steroid dienone is 5. The van der Waals surface area contributed by atoms with Crippen LogP contribution in [0, 0.1) is 11.3 Å². The van der Waals surface area contributed by atoms with Crippen LogP contribution in [-0.4, -0.2) is 20.0 Å². The number of nitrogens with zero attached hydrogens (tertiary/aromatic N) is 3. The monoisotopic (exact) mass is 431 g/mol. The number of nitriles is 1. The van der Waals surface area contributed by atoms with E-state index in [9.17, 15) is 24.8 Å². The molecule has 8 nitrogen and oxygen atoms in total. The lowest BCUT2D eigenvalue weighted by Crippen LogP contribution is -2.40. The Bertz CT molecular complexity index is 1390. The van der Waals surface area contributed by atoms with Gasteiger partial charge in [0.15, 0.2) is 5.76 Å². The van der Waals surface area contributed by atoms with Gasteiger partial charge < -0.3 is 9.52 Å². The molecule has 0 unspecified atom stereocenters. The van der Waals surface area contributed by atoms with Crippen molar-refractivity contribution >= 4 is 22.8 Å². The predicted molar refractivity (Wildman–Crippen MR) is 120 cm³/mol. The topological polar surface area (TPSA) is 118 Å². The maximum Gasteiger partial charge on any atom is 0.333 e. The molecule has 1 N–H and O–H groups in total. The molecule has 2 aromatic heterocycles. The number of benzene rings is 1. The Morgan fingerprint density at radius 3 is 2.50 bits per heavy atom. The largest absolute Gasteiger partial charge is 0.494 e. The lowest BCUT2D eigenvalue weighted by atomic mass is 10.1. The van der Waals surface area contributed by atoms with Crippen LogP contribution < -0.4 is 11.2 Å². The molecule has 0 saturated heterocycles. The molecule has 0 radical (unpaired) electrons. The molecule has 0 aliphatic carbocycles. The molecular formula is C24H21N3O5. The summed E-state index contributed by atoms with van der Waals surface area (Å²) in [5.74, 6) is -0.893. The Morgan fingerprint density at radius 1 is 1.12 bits per heavy atom. The van der Waals surface area contributed by atoms with Crippen LogP contribution in [0.2, 0.25) is 0 Å². The van der Waals surface area contributed by atoms with Gasteiger partial charge in [0.25, 0.3) is 5.56 Å². The van der Waals surface area contributed by atoms with Gasteiger partial charge in [0, 0.05) is 18.5 Å². The van der Waals surface area contributed by atoms with E-state index < -0.39 is 22.9 Å². The van der Waals surface area contributed by atoms with Gasteiger partial charge in [-0.3, -0.25) is 18.7 Å². The number of rotatable bonds is 7. The zero-order valence-electron chi connectivity index (χ0n) is 17.6. The summed E-state index contributed by atoms with van der Waals surface area (Å²) >= 11 is 0. The van der Waals surface area contributed by atoms with Crippen molar-refractivity contribution in [2.75, 3.05) is 0 Å². The molecular weight excluding hydrogens is 410 g/mol. The van der Waals surface area contributed by atoms with Crippen molar-refractivity contribution in [3.8, 4) is 11.9 Å². The second kappa shape index (κ2) is 9.62. The normalized spacial score (nSPS) is 12.1. The van der Waals surface area contributed by atoms with Crippen LogP contribution >= 0.6 is 0 Å². The maximum absolute atomic E-state index is 12.5. The van der Waals surface area contributed by atoms with Crippen molar-refractivity contribution in [3.63, 3.8) is 0 Å². The molecule has 0 fully saturated rings. The van der Waals surface area contributed by atoms with E-state index in [1.807, 2.05) is 12.1 Å². The predicted octanol–water partition coefficient (Wildman–Crippen LogP) is 3.40. The number of Topliss-reactive ketones (excluding diaryl/α,β-unsaturated/α-hetero) is 1. The first-order valence-electron chi connectivity index (χ1n) is 9.97. The van der Waals surface area contributed by atoms with Gasteiger partial charge in [-0.25, -0.2) is 4.79 Å². The van der Waals surface area contributed by atoms with E-state index in [1.54, 1.807) is 38.1 Å². The molecule has 1 aromatic carbocycles. The molecule has 32 heavy (non-hydrogen) atoms. The Balaban J connectivity index is 1.85. The second-order valence-electron chi connectivity index (χ2n) is 6.73. The molecule has 0 aliphatic heterocycles. The molecule has 0 atom stereocenters. The van der Waals surface area contributed by atoms with Crippen LogP contribution in [0.1, 0.15) is 30.0 Å². The fourth-order valence-electron chi connectivity index (χ4n) is 3.18. The highest BCUT2D eigenvalue weighted by Gasteiger charge is 2.17. The van der Waals surface area contributed by atoms with Crippen LogP contribution in [-0.2, 0) is 13.1 Å². The summed E-state index contributed by atoms with van der Waals surface area (Å²) in [5, 5.41) is 20.4. The third kappa shape index (κ3) is 4.23. The van der Waals surface area contributed by atoms with Crippen molar-refractivity contribution < 1.29 is 14.3 Å². The first-order chi connectivity index (χ1) is 15.4.